The van der Waals surface area contributed by atoms with Crippen LogP contribution in [0.2, 0.25) is 0 Å². The Labute approximate surface area is 186 Å². The molecular formula is C25H26BrN3O. The van der Waals surface area contributed by atoms with Crippen LogP contribution in [0.1, 0.15) is 11.1 Å². The van der Waals surface area contributed by atoms with E-state index in [0.29, 0.717) is 6.61 Å². The Hall–Kier alpha value is -2.63. The molecule has 0 aliphatic rings. The Balaban J connectivity index is 1.80. The van der Waals surface area contributed by atoms with Gasteiger partial charge in [0.05, 0.1) is 17.6 Å². The van der Waals surface area contributed by atoms with Crippen LogP contribution in [-0.2, 0) is 6.54 Å². The summed E-state index contributed by atoms with van der Waals surface area (Å²) in [5.41, 5.74) is 5.60. The van der Waals surface area contributed by atoms with E-state index >= 15 is 0 Å². The molecule has 0 bridgehead atoms. The molecule has 30 heavy (non-hydrogen) atoms. The molecule has 154 valence electrons. The van der Waals surface area contributed by atoms with Gasteiger partial charge in [-0.25, -0.2) is 4.98 Å². The predicted molar refractivity (Wildman–Crippen MR) is 127 cm³/mol. The molecule has 4 rings (SSSR count). The van der Waals surface area contributed by atoms with Crippen LogP contribution in [0, 0.1) is 6.92 Å². The molecule has 0 N–H and O–H groups in total. The molecule has 0 amide bonds. The molecule has 0 atom stereocenters. The van der Waals surface area contributed by atoms with Crippen LogP contribution in [0.5, 0.6) is 5.75 Å². The number of imidazole rings is 1. The van der Waals surface area contributed by atoms with Crippen LogP contribution in [0.3, 0.4) is 0 Å². The number of nitrogens with zero attached hydrogens (tertiary/aromatic N) is 3. The topological polar surface area (TPSA) is 30.3 Å². The van der Waals surface area contributed by atoms with Crippen molar-refractivity contribution >= 4 is 27.0 Å². The number of fused-ring (bicyclic) bond motifs is 1. The smallest absolute Gasteiger partial charge is 0.141 e. The van der Waals surface area contributed by atoms with Gasteiger partial charge in [0, 0.05) is 22.6 Å². The van der Waals surface area contributed by atoms with Crippen LogP contribution < -0.4 is 4.74 Å². The number of aromatic nitrogens is 2. The van der Waals surface area contributed by atoms with E-state index in [1.54, 1.807) is 0 Å². The lowest BCUT2D eigenvalue weighted by atomic mass is 10.1. The van der Waals surface area contributed by atoms with Gasteiger partial charge in [-0.3, -0.25) is 0 Å². The van der Waals surface area contributed by atoms with Gasteiger partial charge in [-0.05, 0) is 50.8 Å². The fourth-order valence-electron chi connectivity index (χ4n) is 3.50. The zero-order chi connectivity index (χ0) is 21.1. The van der Waals surface area contributed by atoms with E-state index in [0.717, 1.165) is 45.7 Å². The SMILES string of the molecule is Cc1cccc(-c2nc3ccc(OCCN(C)C)cc3n2Cc2ccccc2Br)c1. The first-order valence-electron chi connectivity index (χ1n) is 10.1. The summed E-state index contributed by atoms with van der Waals surface area (Å²) in [6, 6.07) is 23.0. The molecule has 4 aromatic rings. The van der Waals surface area contributed by atoms with Crippen LogP contribution in [0.25, 0.3) is 22.4 Å². The zero-order valence-corrected chi connectivity index (χ0v) is 19.2. The van der Waals surface area contributed by atoms with E-state index in [9.17, 15) is 0 Å². The summed E-state index contributed by atoms with van der Waals surface area (Å²) in [5.74, 6) is 1.84. The van der Waals surface area contributed by atoms with Gasteiger partial charge >= 0.3 is 0 Å². The van der Waals surface area contributed by atoms with Crippen molar-refractivity contribution in [3.8, 4) is 17.1 Å². The summed E-state index contributed by atoms with van der Waals surface area (Å²) in [6.45, 7) is 4.37. The summed E-state index contributed by atoms with van der Waals surface area (Å²) in [7, 11) is 4.10. The van der Waals surface area contributed by atoms with E-state index in [2.05, 4.69) is 86.9 Å². The molecule has 5 heteroatoms. The molecule has 0 aliphatic carbocycles. The summed E-state index contributed by atoms with van der Waals surface area (Å²) >= 11 is 3.70. The summed E-state index contributed by atoms with van der Waals surface area (Å²) < 4.78 is 9.37. The van der Waals surface area contributed by atoms with Gasteiger partial charge in [0.1, 0.15) is 18.2 Å². The maximum Gasteiger partial charge on any atom is 0.141 e. The van der Waals surface area contributed by atoms with E-state index < -0.39 is 0 Å². The minimum absolute atomic E-state index is 0.654. The average molecular weight is 464 g/mol. The third-order valence-corrected chi connectivity index (χ3v) is 5.86. The van der Waals surface area contributed by atoms with E-state index in [1.807, 2.05) is 26.2 Å². The van der Waals surface area contributed by atoms with Crippen LogP contribution in [-0.4, -0.2) is 41.7 Å². The quantitative estimate of drug-likeness (QED) is 0.348. The Morgan fingerprint density at radius 1 is 1.00 bits per heavy atom. The fraction of sp³-hybridized carbons (Fsp3) is 0.240. The van der Waals surface area contributed by atoms with Crippen molar-refractivity contribution in [3.63, 3.8) is 0 Å². The maximum absolute atomic E-state index is 6.00. The maximum atomic E-state index is 6.00. The molecule has 4 nitrogen and oxygen atoms in total. The van der Waals surface area contributed by atoms with Crippen LogP contribution >= 0.6 is 15.9 Å². The number of ether oxygens (including phenoxy) is 1. The number of hydrogen-bond donors (Lipinski definition) is 0. The lowest BCUT2D eigenvalue weighted by Crippen LogP contribution is -2.19. The van der Waals surface area contributed by atoms with E-state index in [1.165, 1.54) is 11.1 Å². The highest BCUT2D eigenvalue weighted by atomic mass is 79.9. The van der Waals surface area contributed by atoms with Crippen LogP contribution in [0.4, 0.5) is 0 Å². The van der Waals surface area contributed by atoms with Gasteiger partial charge in [-0.15, -0.1) is 0 Å². The lowest BCUT2D eigenvalue weighted by molar-refractivity contribution is 0.261. The highest BCUT2D eigenvalue weighted by molar-refractivity contribution is 9.10. The first-order valence-corrected chi connectivity index (χ1v) is 10.9. The second-order valence-corrected chi connectivity index (χ2v) is 8.64. The van der Waals surface area contributed by atoms with E-state index in [-0.39, 0.29) is 0 Å². The molecule has 0 aliphatic heterocycles. The van der Waals surface area contributed by atoms with Gasteiger partial charge in [-0.1, -0.05) is 57.9 Å². The summed E-state index contributed by atoms with van der Waals surface area (Å²) in [6.07, 6.45) is 0. The van der Waals surface area contributed by atoms with Gasteiger partial charge in [0.25, 0.3) is 0 Å². The first-order chi connectivity index (χ1) is 14.5. The van der Waals surface area contributed by atoms with Crippen molar-refractivity contribution in [1.29, 1.82) is 0 Å². The van der Waals surface area contributed by atoms with Crippen molar-refractivity contribution < 1.29 is 4.74 Å². The Bertz CT molecular complexity index is 1170. The highest BCUT2D eigenvalue weighted by Crippen LogP contribution is 2.30. The molecule has 0 spiro atoms. The number of likely N-dealkylation sites (N-methyl/N-ethyl adjacent to an activating group) is 1. The third kappa shape index (κ3) is 4.58. The highest BCUT2D eigenvalue weighted by Gasteiger charge is 2.15. The van der Waals surface area contributed by atoms with E-state index in [4.69, 9.17) is 9.72 Å². The van der Waals surface area contributed by atoms with Gasteiger partial charge in [0.15, 0.2) is 0 Å². The average Bonchev–Trinajstić information content (AvgIpc) is 3.07. The van der Waals surface area contributed by atoms with Gasteiger partial charge < -0.3 is 14.2 Å². The Morgan fingerprint density at radius 3 is 2.60 bits per heavy atom. The minimum atomic E-state index is 0.654. The van der Waals surface area contributed by atoms with Crippen molar-refractivity contribution in [2.45, 2.75) is 13.5 Å². The second kappa shape index (κ2) is 9.02. The number of halogens is 1. The first kappa shape index (κ1) is 20.6. The zero-order valence-electron chi connectivity index (χ0n) is 17.6. The minimum Gasteiger partial charge on any atom is -0.492 e. The molecule has 1 heterocycles. The van der Waals surface area contributed by atoms with Crippen molar-refractivity contribution in [1.82, 2.24) is 14.5 Å². The number of rotatable bonds is 7. The van der Waals surface area contributed by atoms with Gasteiger partial charge in [0.2, 0.25) is 0 Å². The monoisotopic (exact) mass is 463 g/mol. The normalized spacial score (nSPS) is 11.4. The Morgan fingerprint density at radius 2 is 1.83 bits per heavy atom. The van der Waals surface area contributed by atoms with Crippen molar-refractivity contribution in [2.75, 3.05) is 27.2 Å². The molecule has 0 saturated carbocycles. The lowest BCUT2D eigenvalue weighted by Gasteiger charge is -2.13. The number of hydrogen-bond acceptors (Lipinski definition) is 3. The number of aryl methyl sites for hydroxylation is 1. The molecular weight excluding hydrogens is 438 g/mol. The second-order valence-electron chi connectivity index (χ2n) is 7.78. The van der Waals surface area contributed by atoms with Crippen molar-refractivity contribution in [2.24, 2.45) is 0 Å². The van der Waals surface area contributed by atoms with Crippen molar-refractivity contribution in [3.05, 3.63) is 82.3 Å². The fourth-order valence-corrected chi connectivity index (χ4v) is 3.91. The molecule has 0 saturated heterocycles. The molecule has 0 radical (unpaired) electrons. The molecule has 0 unspecified atom stereocenters. The standard InChI is InChI=1S/C25H26BrN3O/c1-18-7-6-9-19(15-18)25-27-23-12-11-21(30-14-13-28(2)3)16-24(23)29(25)17-20-8-4-5-10-22(20)26/h4-12,15-16H,13-14,17H2,1-3H3. The Kier molecular flexibility index (Phi) is 6.21. The molecule has 1 aromatic heterocycles. The largest absolute Gasteiger partial charge is 0.492 e. The predicted octanol–water partition coefficient (Wildman–Crippen LogP) is 5.76. The molecule has 3 aromatic carbocycles. The number of benzene rings is 3. The summed E-state index contributed by atoms with van der Waals surface area (Å²) in [4.78, 5) is 7.10. The van der Waals surface area contributed by atoms with Gasteiger partial charge in [-0.2, -0.15) is 0 Å². The summed E-state index contributed by atoms with van der Waals surface area (Å²) in [5, 5.41) is 0. The third-order valence-electron chi connectivity index (χ3n) is 5.09. The van der Waals surface area contributed by atoms with Crippen LogP contribution in [0.15, 0.2) is 71.2 Å². The molecule has 0 fully saturated rings.